The van der Waals surface area contributed by atoms with Crippen molar-refractivity contribution in [1.29, 1.82) is 0 Å². The van der Waals surface area contributed by atoms with E-state index in [2.05, 4.69) is 11.6 Å². The Kier molecular flexibility index (Phi) is 6.98. The topological polar surface area (TPSA) is 55.1 Å². The summed E-state index contributed by atoms with van der Waals surface area (Å²) in [6, 6.07) is 5.09. The number of amides is 1. The Hall–Kier alpha value is -0.870. The first-order valence-corrected chi connectivity index (χ1v) is 7.75. The van der Waals surface area contributed by atoms with Crippen molar-refractivity contribution < 1.29 is 4.79 Å². The Morgan fingerprint density at radius 3 is 2.89 bits per heavy atom. The molecule has 3 N–H and O–H groups in total. The van der Waals surface area contributed by atoms with Gasteiger partial charge in [0.05, 0.1) is 16.3 Å². The molecule has 100 valence electrons. The van der Waals surface area contributed by atoms with Crippen molar-refractivity contribution in [2.24, 2.45) is 0 Å². The third kappa shape index (κ3) is 4.78. The number of thioether (sulfide) groups is 1. The fraction of sp³-hybridized carbons (Fsp3) is 0.462. The number of halogens is 1. The van der Waals surface area contributed by atoms with Gasteiger partial charge < -0.3 is 11.1 Å². The molecular weight excluding hydrogens is 268 g/mol. The molecule has 1 aromatic rings. The van der Waals surface area contributed by atoms with Crippen LogP contribution in [0, 0.1) is 0 Å². The van der Waals surface area contributed by atoms with Gasteiger partial charge in [-0.2, -0.15) is 11.8 Å². The molecule has 18 heavy (non-hydrogen) atoms. The molecule has 1 amide bonds. The number of nitrogens with two attached hydrogens (primary N) is 1. The van der Waals surface area contributed by atoms with Crippen LogP contribution in [0.2, 0.25) is 5.02 Å². The lowest BCUT2D eigenvalue weighted by atomic mass is 10.1. The van der Waals surface area contributed by atoms with E-state index in [0.29, 0.717) is 22.8 Å². The van der Waals surface area contributed by atoms with E-state index in [9.17, 15) is 4.79 Å². The van der Waals surface area contributed by atoms with E-state index in [0.717, 1.165) is 12.8 Å². The SMILES string of the molecule is CSCCCCCNC(=O)c1cccc(Cl)c1N. The van der Waals surface area contributed by atoms with Crippen molar-refractivity contribution >= 4 is 35.0 Å². The summed E-state index contributed by atoms with van der Waals surface area (Å²) in [6.45, 7) is 0.680. The molecule has 0 radical (unpaired) electrons. The molecule has 0 aliphatic carbocycles. The number of hydrogen-bond acceptors (Lipinski definition) is 3. The van der Waals surface area contributed by atoms with E-state index < -0.39 is 0 Å². The molecule has 0 heterocycles. The normalized spacial score (nSPS) is 10.3. The number of hydrogen-bond donors (Lipinski definition) is 2. The van der Waals surface area contributed by atoms with Crippen molar-refractivity contribution in [3.63, 3.8) is 0 Å². The Morgan fingerprint density at radius 2 is 2.17 bits per heavy atom. The summed E-state index contributed by atoms with van der Waals surface area (Å²) < 4.78 is 0. The van der Waals surface area contributed by atoms with E-state index in [1.165, 1.54) is 12.2 Å². The zero-order valence-corrected chi connectivity index (χ0v) is 12.1. The highest BCUT2D eigenvalue weighted by Gasteiger charge is 2.10. The maximum Gasteiger partial charge on any atom is 0.253 e. The average molecular weight is 287 g/mol. The van der Waals surface area contributed by atoms with Gasteiger partial charge in [0.15, 0.2) is 0 Å². The summed E-state index contributed by atoms with van der Waals surface area (Å²) in [5.74, 6) is 1.02. The maximum absolute atomic E-state index is 11.9. The molecule has 0 spiro atoms. The largest absolute Gasteiger partial charge is 0.397 e. The molecule has 0 aliphatic rings. The summed E-state index contributed by atoms with van der Waals surface area (Å²) in [4.78, 5) is 11.9. The fourth-order valence-electron chi connectivity index (χ4n) is 1.58. The van der Waals surface area contributed by atoms with Gasteiger partial charge in [0.2, 0.25) is 0 Å². The van der Waals surface area contributed by atoms with Gasteiger partial charge in [0.1, 0.15) is 0 Å². The number of benzene rings is 1. The van der Waals surface area contributed by atoms with Crippen molar-refractivity contribution in [2.75, 3.05) is 24.3 Å². The first kappa shape index (κ1) is 15.2. The van der Waals surface area contributed by atoms with Crippen LogP contribution in [0.4, 0.5) is 5.69 Å². The fourth-order valence-corrected chi connectivity index (χ4v) is 2.25. The van der Waals surface area contributed by atoms with Crippen LogP contribution < -0.4 is 11.1 Å². The third-order valence-corrected chi connectivity index (χ3v) is 3.63. The number of nitrogen functional groups attached to an aromatic ring is 1. The Morgan fingerprint density at radius 1 is 1.39 bits per heavy atom. The molecule has 0 atom stereocenters. The summed E-state index contributed by atoms with van der Waals surface area (Å²) in [6.07, 6.45) is 5.42. The van der Waals surface area contributed by atoms with Crippen molar-refractivity contribution in [3.8, 4) is 0 Å². The van der Waals surface area contributed by atoms with E-state index >= 15 is 0 Å². The van der Waals surface area contributed by atoms with Gasteiger partial charge in [-0.3, -0.25) is 4.79 Å². The highest BCUT2D eigenvalue weighted by Crippen LogP contribution is 2.22. The van der Waals surface area contributed by atoms with E-state index in [-0.39, 0.29) is 5.91 Å². The Balaban J connectivity index is 2.35. The Labute approximate surface area is 117 Å². The lowest BCUT2D eigenvalue weighted by molar-refractivity contribution is 0.0954. The highest BCUT2D eigenvalue weighted by atomic mass is 35.5. The summed E-state index contributed by atoms with van der Waals surface area (Å²) in [5, 5.41) is 3.28. The molecule has 0 bridgehead atoms. The number of carbonyl (C=O) groups excluding carboxylic acids is 1. The number of unbranched alkanes of at least 4 members (excludes halogenated alkanes) is 2. The molecule has 0 fully saturated rings. The molecule has 0 saturated heterocycles. The van der Waals surface area contributed by atoms with Crippen molar-refractivity contribution in [3.05, 3.63) is 28.8 Å². The van der Waals surface area contributed by atoms with Crippen LogP contribution in [-0.4, -0.2) is 24.5 Å². The highest BCUT2D eigenvalue weighted by molar-refractivity contribution is 7.98. The molecule has 5 heteroatoms. The zero-order chi connectivity index (χ0) is 13.4. The summed E-state index contributed by atoms with van der Waals surface area (Å²) in [7, 11) is 0. The number of anilines is 1. The predicted octanol–water partition coefficient (Wildman–Crippen LogP) is 3.19. The van der Waals surface area contributed by atoms with Gasteiger partial charge in [-0.25, -0.2) is 0 Å². The zero-order valence-electron chi connectivity index (χ0n) is 10.5. The number of carbonyl (C=O) groups is 1. The molecule has 0 unspecified atom stereocenters. The van der Waals surface area contributed by atoms with Crippen molar-refractivity contribution in [1.82, 2.24) is 5.32 Å². The van der Waals surface area contributed by atoms with Crippen LogP contribution >= 0.6 is 23.4 Å². The van der Waals surface area contributed by atoms with E-state index in [1.54, 1.807) is 18.2 Å². The van der Waals surface area contributed by atoms with Crippen molar-refractivity contribution in [2.45, 2.75) is 19.3 Å². The first-order chi connectivity index (χ1) is 8.66. The van der Waals surface area contributed by atoms with Gasteiger partial charge in [0.25, 0.3) is 5.91 Å². The Bertz CT molecular complexity index is 399. The number of para-hydroxylation sites is 1. The van der Waals surface area contributed by atoms with Gasteiger partial charge in [-0.15, -0.1) is 0 Å². The first-order valence-electron chi connectivity index (χ1n) is 5.98. The summed E-state index contributed by atoms with van der Waals surface area (Å²) in [5.41, 5.74) is 6.55. The van der Waals surface area contributed by atoms with Crippen LogP contribution in [0.5, 0.6) is 0 Å². The van der Waals surface area contributed by atoms with Crippen LogP contribution in [0.1, 0.15) is 29.6 Å². The molecule has 0 aromatic heterocycles. The lowest BCUT2D eigenvalue weighted by Crippen LogP contribution is -2.25. The number of nitrogens with one attached hydrogen (secondary N) is 1. The second-order valence-electron chi connectivity index (χ2n) is 4.01. The standard InChI is InChI=1S/C13H19ClN2OS/c1-18-9-4-2-3-8-16-13(17)10-6-5-7-11(14)12(10)15/h5-7H,2-4,8-9,15H2,1H3,(H,16,17). The van der Waals surface area contributed by atoms with Crippen LogP contribution in [0.15, 0.2) is 18.2 Å². The lowest BCUT2D eigenvalue weighted by Gasteiger charge is -2.08. The smallest absolute Gasteiger partial charge is 0.253 e. The number of rotatable bonds is 7. The molecule has 0 saturated carbocycles. The van der Waals surface area contributed by atoms with Crippen LogP contribution in [0.3, 0.4) is 0 Å². The minimum absolute atomic E-state index is 0.153. The molecular formula is C13H19ClN2OS. The second kappa shape index (κ2) is 8.27. The minimum Gasteiger partial charge on any atom is -0.397 e. The van der Waals surface area contributed by atoms with E-state index in [4.69, 9.17) is 17.3 Å². The van der Waals surface area contributed by atoms with E-state index in [1.807, 2.05) is 11.8 Å². The van der Waals surface area contributed by atoms with Gasteiger partial charge >= 0.3 is 0 Å². The minimum atomic E-state index is -0.153. The van der Waals surface area contributed by atoms with Gasteiger partial charge in [-0.05, 0) is 37.0 Å². The van der Waals surface area contributed by atoms with Gasteiger partial charge in [0, 0.05) is 6.54 Å². The molecule has 0 aliphatic heterocycles. The third-order valence-electron chi connectivity index (χ3n) is 2.61. The monoisotopic (exact) mass is 286 g/mol. The van der Waals surface area contributed by atoms with Gasteiger partial charge in [-0.1, -0.05) is 24.1 Å². The molecule has 1 rings (SSSR count). The summed E-state index contributed by atoms with van der Waals surface area (Å²) >= 11 is 7.72. The second-order valence-corrected chi connectivity index (χ2v) is 5.40. The van der Waals surface area contributed by atoms with Crippen LogP contribution in [0.25, 0.3) is 0 Å². The molecule has 1 aromatic carbocycles. The predicted molar refractivity (Wildman–Crippen MR) is 80.4 cm³/mol. The maximum atomic E-state index is 11.9. The van der Waals surface area contributed by atoms with Crippen LogP contribution in [-0.2, 0) is 0 Å². The average Bonchev–Trinajstić information content (AvgIpc) is 2.36. The molecule has 3 nitrogen and oxygen atoms in total. The quantitative estimate of drug-likeness (QED) is 0.598.